The van der Waals surface area contributed by atoms with Crippen LogP contribution in [0.5, 0.6) is 5.75 Å². The van der Waals surface area contributed by atoms with Crippen LogP contribution in [-0.2, 0) is 13.0 Å². The Hall–Kier alpha value is -3.51. The number of anilines is 2. The summed E-state index contributed by atoms with van der Waals surface area (Å²) in [6.45, 7) is 2.82. The number of methoxy groups -OCH3 is 1. The molecular formula is C25H24ClN3O3. The summed E-state index contributed by atoms with van der Waals surface area (Å²) in [6, 6.07) is 18.1. The fourth-order valence-corrected chi connectivity index (χ4v) is 3.90. The molecule has 2 N–H and O–H groups in total. The summed E-state index contributed by atoms with van der Waals surface area (Å²) < 4.78 is 5.17. The third-order valence-electron chi connectivity index (χ3n) is 5.60. The lowest BCUT2D eigenvalue weighted by atomic mass is 10.1. The predicted molar refractivity (Wildman–Crippen MR) is 127 cm³/mol. The first-order valence-corrected chi connectivity index (χ1v) is 10.7. The zero-order valence-electron chi connectivity index (χ0n) is 17.9. The number of ether oxygens (including phenoxy) is 1. The van der Waals surface area contributed by atoms with Gasteiger partial charge in [-0.2, -0.15) is 0 Å². The number of amides is 3. The fourth-order valence-electron chi connectivity index (χ4n) is 3.73. The average Bonchev–Trinajstić information content (AvgIpc) is 3.23. The molecular weight excluding hydrogens is 426 g/mol. The number of nitrogens with zero attached hydrogens (tertiary/aromatic N) is 1. The van der Waals surface area contributed by atoms with Crippen LogP contribution in [-0.4, -0.2) is 25.6 Å². The second kappa shape index (κ2) is 9.32. The summed E-state index contributed by atoms with van der Waals surface area (Å²) in [6.07, 6.45) is 0.805. The largest absolute Gasteiger partial charge is 0.497 e. The van der Waals surface area contributed by atoms with Crippen LogP contribution in [0.15, 0.2) is 60.7 Å². The minimum Gasteiger partial charge on any atom is -0.497 e. The van der Waals surface area contributed by atoms with Crippen LogP contribution >= 0.6 is 11.6 Å². The maximum Gasteiger partial charge on any atom is 0.319 e. The van der Waals surface area contributed by atoms with Gasteiger partial charge in [-0.15, -0.1) is 0 Å². The summed E-state index contributed by atoms with van der Waals surface area (Å²) in [5, 5.41) is 6.29. The van der Waals surface area contributed by atoms with Crippen molar-refractivity contribution in [2.24, 2.45) is 0 Å². The number of benzene rings is 3. The van der Waals surface area contributed by atoms with Crippen LogP contribution in [0.1, 0.15) is 27.0 Å². The Morgan fingerprint density at radius 2 is 1.88 bits per heavy atom. The molecule has 0 aliphatic carbocycles. The first kappa shape index (κ1) is 21.7. The molecule has 164 valence electrons. The van der Waals surface area contributed by atoms with Crippen LogP contribution in [0.2, 0.25) is 5.02 Å². The minimum atomic E-state index is -0.318. The van der Waals surface area contributed by atoms with E-state index in [-0.39, 0.29) is 11.9 Å². The summed E-state index contributed by atoms with van der Waals surface area (Å²) >= 11 is 6.11. The number of halogens is 1. The molecule has 32 heavy (non-hydrogen) atoms. The number of hydrogen-bond acceptors (Lipinski definition) is 3. The lowest BCUT2D eigenvalue weighted by Crippen LogP contribution is -2.29. The average molecular weight is 450 g/mol. The SMILES string of the molecule is COc1ccc(C(=O)N2CCc3ccc(CNC(=O)Nc4cccc(Cl)c4C)cc32)cc1. The molecule has 0 aromatic heterocycles. The van der Waals surface area contributed by atoms with E-state index < -0.39 is 0 Å². The molecule has 0 radical (unpaired) electrons. The number of urea groups is 1. The first-order chi connectivity index (χ1) is 15.5. The van der Waals surface area contributed by atoms with Gasteiger partial charge >= 0.3 is 6.03 Å². The van der Waals surface area contributed by atoms with Gasteiger partial charge in [-0.05, 0) is 72.5 Å². The molecule has 3 aromatic rings. The maximum absolute atomic E-state index is 13.0. The highest BCUT2D eigenvalue weighted by Gasteiger charge is 2.26. The van der Waals surface area contributed by atoms with Crippen LogP contribution < -0.4 is 20.3 Å². The standard InChI is InChI=1S/C25H24ClN3O3/c1-16-21(26)4-3-5-22(16)28-25(31)27-15-17-6-7-18-12-13-29(23(18)14-17)24(30)19-8-10-20(32-2)11-9-19/h3-11,14H,12-13,15H2,1-2H3,(H2,27,28,31). The first-order valence-electron chi connectivity index (χ1n) is 10.3. The van der Waals surface area contributed by atoms with E-state index >= 15 is 0 Å². The van der Waals surface area contributed by atoms with Crippen molar-refractivity contribution >= 4 is 34.9 Å². The van der Waals surface area contributed by atoms with E-state index in [4.69, 9.17) is 16.3 Å². The molecule has 1 aliphatic heterocycles. The van der Waals surface area contributed by atoms with Crippen molar-refractivity contribution in [3.8, 4) is 5.75 Å². The van der Waals surface area contributed by atoms with E-state index in [0.717, 1.165) is 28.8 Å². The Kier molecular flexibility index (Phi) is 6.32. The number of carbonyl (C=O) groups excluding carboxylic acids is 2. The fraction of sp³-hybridized carbons (Fsp3) is 0.200. The van der Waals surface area contributed by atoms with Gasteiger partial charge < -0.3 is 20.3 Å². The summed E-state index contributed by atoms with van der Waals surface area (Å²) in [4.78, 5) is 27.2. The number of rotatable bonds is 5. The molecule has 0 unspecified atom stereocenters. The highest BCUT2D eigenvalue weighted by molar-refractivity contribution is 6.31. The molecule has 0 spiro atoms. The number of fused-ring (bicyclic) bond motifs is 1. The molecule has 1 heterocycles. The molecule has 1 aliphatic rings. The normalized spacial score (nSPS) is 12.3. The van der Waals surface area contributed by atoms with E-state index in [1.807, 2.05) is 25.1 Å². The van der Waals surface area contributed by atoms with Gasteiger partial charge in [0.15, 0.2) is 0 Å². The lowest BCUT2D eigenvalue weighted by molar-refractivity contribution is 0.0989. The zero-order chi connectivity index (χ0) is 22.7. The van der Waals surface area contributed by atoms with Crippen LogP contribution in [0, 0.1) is 6.92 Å². The van der Waals surface area contributed by atoms with Crippen molar-refractivity contribution in [2.45, 2.75) is 19.9 Å². The Labute approximate surface area is 192 Å². The van der Waals surface area contributed by atoms with Crippen molar-refractivity contribution in [1.82, 2.24) is 5.32 Å². The van der Waals surface area contributed by atoms with Crippen molar-refractivity contribution in [2.75, 3.05) is 23.9 Å². The number of carbonyl (C=O) groups is 2. The topological polar surface area (TPSA) is 70.7 Å². The molecule has 0 atom stereocenters. The van der Waals surface area contributed by atoms with E-state index in [9.17, 15) is 9.59 Å². The maximum atomic E-state index is 13.0. The van der Waals surface area contributed by atoms with Gasteiger partial charge in [-0.1, -0.05) is 29.8 Å². The van der Waals surface area contributed by atoms with E-state index in [1.54, 1.807) is 54.5 Å². The van der Waals surface area contributed by atoms with Crippen molar-refractivity contribution in [3.05, 3.63) is 87.9 Å². The molecule has 7 heteroatoms. The van der Waals surface area contributed by atoms with Gasteiger partial charge in [-0.3, -0.25) is 4.79 Å². The van der Waals surface area contributed by atoms with Gasteiger partial charge in [0.25, 0.3) is 5.91 Å². The molecule has 3 amide bonds. The number of hydrogen-bond donors (Lipinski definition) is 2. The van der Waals surface area contributed by atoms with Crippen LogP contribution in [0.3, 0.4) is 0 Å². The second-order valence-electron chi connectivity index (χ2n) is 7.62. The van der Waals surface area contributed by atoms with E-state index in [0.29, 0.717) is 35.1 Å². The monoisotopic (exact) mass is 449 g/mol. The Morgan fingerprint density at radius 1 is 1.09 bits per heavy atom. The third kappa shape index (κ3) is 4.55. The predicted octanol–water partition coefficient (Wildman–Crippen LogP) is 5.18. The molecule has 4 rings (SSSR count). The zero-order valence-corrected chi connectivity index (χ0v) is 18.7. The van der Waals surface area contributed by atoms with E-state index in [2.05, 4.69) is 10.6 Å². The minimum absolute atomic E-state index is 0.0503. The quantitative estimate of drug-likeness (QED) is 0.563. The summed E-state index contributed by atoms with van der Waals surface area (Å²) in [7, 11) is 1.60. The summed E-state index contributed by atoms with van der Waals surface area (Å²) in [5.41, 5.74) is 5.01. The highest BCUT2D eigenvalue weighted by atomic mass is 35.5. The summed E-state index contributed by atoms with van der Waals surface area (Å²) in [5.74, 6) is 0.661. The van der Waals surface area contributed by atoms with Crippen molar-refractivity contribution in [1.29, 1.82) is 0 Å². The van der Waals surface area contributed by atoms with Gasteiger partial charge in [-0.25, -0.2) is 4.79 Å². The Balaban J connectivity index is 1.43. The molecule has 3 aromatic carbocycles. The van der Waals surface area contributed by atoms with Gasteiger partial charge in [0, 0.05) is 35.1 Å². The molecule has 0 saturated carbocycles. The third-order valence-corrected chi connectivity index (χ3v) is 6.01. The van der Waals surface area contributed by atoms with Gasteiger partial charge in [0.05, 0.1) is 7.11 Å². The van der Waals surface area contributed by atoms with Crippen molar-refractivity contribution < 1.29 is 14.3 Å². The lowest BCUT2D eigenvalue weighted by Gasteiger charge is -2.18. The Bertz CT molecular complexity index is 1160. The van der Waals surface area contributed by atoms with E-state index in [1.165, 1.54) is 0 Å². The van der Waals surface area contributed by atoms with Crippen molar-refractivity contribution in [3.63, 3.8) is 0 Å². The highest BCUT2D eigenvalue weighted by Crippen LogP contribution is 2.31. The van der Waals surface area contributed by atoms with Crippen LogP contribution in [0.25, 0.3) is 0 Å². The van der Waals surface area contributed by atoms with Crippen LogP contribution in [0.4, 0.5) is 16.2 Å². The second-order valence-corrected chi connectivity index (χ2v) is 8.03. The van der Waals surface area contributed by atoms with Gasteiger partial charge in [0.1, 0.15) is 5.75 Å². The molecule has 0 fully saturated rings. The van der Waals surface area contributed by atoms with Gasteiger partial charge in [0.2, 0.25) is 0 Å². The number of nitrogens with one attached hydrogen (secondary N) is 2. The Morgan fingerprint density at radius 3 is 2.62 bits per heavy atom. The molecule has 0 saturated heterocycles. The molecule has 0 bridgehead atoms. The smallest absolute Gasteiger partial charge is 0.319 e. The molecule has 6 nitrogen and oxygen atoms in total.